The van der Waals surface area contributed by atoms with Crippen molar-refractivity contribution in [1.82, 2.24) is 15.6 Å². The number of halogens is 1. The van der Waals surface area contributed by atoms with Crippen molar-refractivity contribution in [3.8, 4) is 22.8 Å². The van der Waals surface area contributed by atoms with E-state index in [1.165, 1.54) is 13.3 Å². The van der Waals surface area contributed by atoms with Crippen LogP contribution in [-0.4, -0.2) is 36.0 Å². The highest BCUT2D eigenvalue weighted by molar-refractivity contribution is 6.32. The van der Waals surface area contributed by atoms with Crippen LogP contribution in [-0.2, 0) is 0 Å². The van der Waals surface area contributed by atoms with Crippen LogP contribution in [0.4, 0.5) is 0 Å². The molecule has 3 rings (SSSR count). The molecule has 0 spiro atoms. The van der Waals surface area contributed by atoms with Gasteiger partial charge in [-0.05, 0) is 30.7 Å². The van der Waals surface area contributed by atoms with Crippen LogP contribution in [0.2, 0.25) is 5.02 Å². The number of ether oxygens (including phenoxy) is 2. The number of carbonyl (C=O) groups is 1. The predicted molar refractivity (Wildman–Crippen MR) is 108 cm³/mol. The van der Waals surface area contributed by atoms with E-state index in [-0.39, 0.29) is 0 Å². The van der Waals surface area contributed by atoms with Crippen LogP contribution in [0.1, 0.15) is 23.0 Å². The molecule has 0 unspecified atom stereocenters. The summed E-state index contributed by atoms with van der Waals surface area (Å²) in [6, 6.07) is 14.6. The lowest BCUT2D eigenvalue weighted by atomic mass is 10.1. The average molecular weight is 399 g/mol. The van der Waals surface area contributed by atoms with Gasteiger partial charge in [0.05, 0.1) is 30.6 Å². The van der Waals surface area contributed by atoms with E-state index in [0.29, 0.717) is 40.1 Å². The molecule has 0 aliphatic rings. The highest BCUT2D eigenvalue weighted by atomic mass is 35.5. The zero-order chi connectivity index (χ0) is 19.9. The Morgan fingerprint density at radius 3 is 2.79 bits per heavy atom. The molecule has 1 heterocycles. The Balaban J connectivity index is 1.69. The fraction of sp³-hybridized carbons (Fsp3) is 0.150. The zero-order valence-electron chi connectivity index (χ0n) is 15.4. The summed E-state index contributed by atoms with van der Waals surface area (Å²) >= 11 is 6.22. The number of nitrogens with one attached hydrogen (secondary N) is 2. The molecule has 3 aromatic rings. The third-order valence-corrected chi connectivity index (χ3v) is 4.09. The van der Waals surface area contributed by atoms with E-state index in [2.05, 4.69) is 20.7 Å². The molecule has 1 amide bonds. The molecule has 0 aliphatic heterocycles. The smallest absolute Gasteiger partial charge is 0.289 e. The van der Waals surface area contributed by atoms with Crippen LogP contribution in [0, 0.1) is 0 Å². The van der Waals surface area contributed by atoms with Gasteiger partial charge in [0, 0.05) is 5.56 Å². The Kier molecular flexibility index (Phi) is 6.29. The number of nitrogens with zero attached hydrogens (tertiary/aromatic N) is 2. The predicted octanol–water partition coefficient (Wildman–Crippen LogP) is 3.90. The Hall–Kier alpha value is -3.32. The Labute approximate surface area is 167 Å². The van der Waals surface area contributed by atoms with Crippen LogP contribution in [0.5, 0.6) is 11.5 Å². The molecule has 0 saturated carbocycles. The maximum absolute atomic E-state index is 12.2. The van der Waals surface area contributed by atoms with Gasteiger partial charge < -0.3 is 9.47 Å². The number of H-pyrrole nitrogens is 1. The summed E-state index contributed by atoms with van der Waals surface area (Å²) in [5, 5.41) is 11.2. The van der Waals surface area contributed by atoms with Crippen molar-refractivity contribution in [3.05, 3.63) is 64.8 Å². The van der Waals surface area contributed by atoms with Crippen molar-refractivity contribution >= 4 is 23.7 Å². The Morgan fingerprint density at radius 2 is 2.07 bits per heavy atom. The Bertz CT molecular complexity index is 986. The van der Waals surface area contributed by atoms with E-state index in [1.807, 2.05) is 37.3 Å². The molecule has 7 nitrogen and oxygen atoms in total. The number of benzene rings is 2. The van der Waals surface area contributed by atoms with E-state index < -0.39 is 5.91 Å². The van der Waals surface area contributed by atoms with Crippen LogP contribution in [0.15, 0.2) is 53.6 Å². The number of carbonyl (C=O) groups excluding carboxylic acids is 1. The van der Waals surface area contributed by atoms with Crippen molar-refractivity contribution in [1.29, 1.82) is 0 Å². The topological polar surface area (TPSA) is 88.6 Å². The van der Waals surface area contributed by atoms with E-state index in [9.17, 15) is 4.79 Å². The molecule has 0 radical (unpaired) electrons. The van der Waals surface area contributed by atoms with Gasteiger partial charge in [-0.15, -0.1) is 0 Å². The fourth-order valence-electron chi connectivity index (χ4n) is 2.52. The van der Waals surface area contributed by atoms with E-state index in [0.717, 1.165) is 5.56 Å². The number of methoxy groups -OCH3 is 1. The average Bonchev–Trinajstić information content (AvgIpc) is 3.21. The highest BCUT2D eigenvalue weighted by Gasteiger charge is 2.12. The van der Waals surface area contributed by atoms with Gasteiger partial charge in [0.1, 0.15) is 5.69 Å². The second-order valence-corrected chi connectivity index (χ2v) is 6.11. The van der Waals surface area contributed by atoms with Crippen molar-refractivity contribution in [2.24, 2.45) is 5.10 Å². The van der Waals surface area contributed by atoms with Crippen LogP contribution < -0.4 is 14.9 Å². The molecule has 0 aliphatic carbocycles. The number of amides is 1. The van der Waals surface area contributed by atoms with Gasteiger partial charge in [-0.3, -0.25) is 9.89 Å². The molecule has 0 fully saturated rings. The van der Waals surface area contributed by atoms with Gasteiger partial charge in [-0.2, -0.15) is 10.2 Å². The lowest BCUT2D eigenvalue weighted by Crippen LogP contribution is -2.18. The standard InChI is InChI=1S/C20H19ClN4O3/c1-3-28-19-15(21)9-13(10-18(19)27-2)12-22-25-20(26)17-11-16(23-24-17)14-7-5-4-6-8-14/h4-12H,3H2,1-2H3,(H,23,24)(H,25,26)/b22-12-. The van der Waals surface area contributed by atoms with Crippen molar-refractivity contribution in [3.63, 3.8) is 0 Å². The minimum Gasteiger partial charge on any atom is -0.493 e. The lowest BCUT2D eigenvalue weighted by molar-refractivity contribution is 0.0950. The summed E-state index contributed by atoms with van der Waals surface area (Å²) in [7, 11) is 1.53. The summed E-state index contributed by atoms with van der Waals surface area (Å²) in [5.74, 6) is 0.553. The van der Waals surface area contributed by atoms with Crippen LogP contribution in [0.3, 0.4) is 0 Å². The second-order valence-electron chi connectivity index (χ2n) is 5.70. The summed E-state index contributed by atoms with van der Waals surface area (Å²) in [6.07, 6.45) is 1.47. The molecule has 0 atom stereocenters. The van der Waals surface area contributed by atoms with E-state index >= 15 is 0 Å². The normalized spacial score (nSPS) is 10.8. The first-order chi connectivity index (χ1) is 13.6. The molecule has 0 saturated heterocycles. The third-order valence-electron chi connectivity index (χ3n) is 3.81. The number of hydrogen-bond acceptors (Lipinski definition) is 5. The minimum atomic E-state index is -0.407. The van der Waals surface area contributed by atoms with Crippen LogP contribution in [0.25, 0.3) is 11.3 Å². The largest absolute Gasteiger partial charge is 0.493 e. The summed E-state index contributed by atoms with van der Waals surface area (Å²) in [5.41, 5.74) is 5.00. The molecule has 8 heteroatoms. The first kappa shape index (κ1) is 19.4. The molecular formula is C20H19ClN4O3. The number of hydrogen-bond donors (Lipinski definition) is 2. The number of rotatable bonds is 7. The van der Waals surface area contributed by atoms with Crippen molar-refractivity contribution in [2.75, 3.05) is 13.7 Å². The summed E-state index contributed by atoms with van der Waals surface area (Å²) in [4.78, 5) is 12.2. The van der Waals surface area contributed by atoms with Crippen molar-refractivity contribution in [2.45, 2.75) is 6.92 Å². The highest BCUT2D eigenvalue weighted by Crippen LogP contribution is 2.35. The van der Waals surface area contributed by atoms with Gasteiger partial charge >= 0.3 is 0 Å². The number of aromatic nitrogens is 2. The number of hydrazone groups is 1. The molecule has 1 aromatic heterocycles. The van der Waals surface area contributed by atoms with Gasteiger partial charge in [0.15, 0.2) is 11.5 Å². The fourth-order valence-corrected chi connectivity index (χ4v) is 2.79. The SMILES string of the molecule is CCOc1c(Cl)cc(/C=N\NC(=O)c2cc(-c3ccccc3)n[nH]2)cc1OC. The lowest BCUT2D eigenvalue weighted by Gasteiger charge is -2.11. The minimum absolute atomic E-state index is 0.304. The first-order valence-corrected chi connectivity index (χ1v) is 8.94. The maximum Gasteiger partial charge on any atom is 0.289 e. The zero-order valence-corrected chi connectivity index (χ0v) is 16.2. The van der Waals surface area contributed by atoms with Crippen molar-refractivity contribution < 1.29 is 14.3 Å². The molecule has 2 aromatic carbocycles. The number of aromatic amines is 1. The molecule has 2 N–H and O–H groups in total. The van der Waals surface area contributed by atoms with E-state index in [1.54, 1.807) is 18.2 Å². The molecule has 144 valence electrons. The summed E-state index contributed by atoms with van der Waals surface area (Å²) < 4.78 is 10.8. The van der Waals surface area contributed by atoms with Gasteiger partial charge in [-0.1, -0.05) is 41.9 Å². The first-order valence-electron chi connectivity index (χ1n) is 8.57. The quantitative estimate of drug-likeness (QED) is 0.466. The maximum atomic E-state index is 12.2. The van der Waals surface area contributed by atoms with Gasteiger partial charge in [0.25, 0.3) is 5.91 Å². The molecular weight excluding hydrogens is 380 g/mol. The molecule has 28 heavy (non-hydrogen) atoms. The van der Waals surface area contributed by atoms with Gasteiger partial charge in [0.2, 0.25) is 0 Å². The monoisotopic (exact) mass is 398 g/mol. The summed E-state index contributed by atoms with van der Waals surface area (Å²) in [6.45, 7) is 2.33. The second kappa shape index (κ2) is 9.05. The third kappa shape index (κ3) is 4.50. The van der Waals surface area contributed by atoms with E-state index in [4.69, 9.17) is 21.1 Å². The van der Waals surface area contributed by atoms with Crippen LogP contribution >= 0.6 is 11.6 Å². The molecule has 0 bridgehead atoms. The Morgan fingerprint density at radius 1 is 1.29 bits per heavy atom. The van der Waals surface area contributed by atoms with Gasteiger partial charge in [-0.25, -0.2) is 5.43 Å².